The first-order chi connectivity index (χ1) is 11.5. The Kier molecular flexibility index (Phi) is 4.07. The summed E-state index contributed by atoms with van der Waals surface area (Å²) in [7, 11) is 0. The van der Waals surface area contributed by atoms with Crippen molar-refractivity contribution in [3.8, 4) is 5.75 Å². The summed E-state index contributed by atoms with van der Waals surface area (Å²) in [6.45, 7) is 11.5. The molecule has 1 aromatic carbocycles. The molecule has 0 amide bonds. The van der Waals surface area contributed by atoms with Gasteiger partial charge in [0, 0.05) is 28.9 Å². The molecule has 25 heavy (non-hydrogen) atoms. The third kappa shape index (κ3) is 3.36. The summed E-state index contributed by atoms with van der Waals surface area (Å²) in [4.78, 5) is 12.5. The lowest BCUT2D eigenvalue weighted by molar-refractivity contribution is -0.0229. The average molecular weight is 342 g/mol. The molecule has 1 aliphatic heterocycles. The summed E-state index contributed by atoms with van der Waals surface area (Å²) >= 11 is 0. The van der Waals surface area contributed by atoms with Gasteiger partial charge in [0.05, 0.1) is 5.60 Å². The summed E-state index contributed by atoms with van der Waals surface area (Å²) in [5.41, 5.74) is 1.67. The van der Waals surface area contributed by atoms with Crippen LogP contribution >= 0.6 is 0 Å². The van der Waals surface area contributed by atoms with Gasteiger partial charge in [-0.05, 0) is 45.4 Å². The van der Waals surface area contributed by atoms with E-state index in [2.05, 4.69) is 6.08 Å². The third-order valence-electron chi connectivity index (χ3n) is 4.72. The van der Waals surface area contributed by atoms with Crippen molar-refractivity contribution < 1.29 is 14.3 Å². The second-order valence-electron chi connectivity index (χ2n) is 8.35. The van der Waals surface area contributed by atoms with Gasteiger partial charge in [0.2, 0.25) is 0 Å². The van der Waals surface area contributed by atoms with E-state index in [-0.39, 0.29) is 11.7 Å². The Labute approximate surface area is 148 Å². The second kappa shape index (κ2) is 5.73. The molecule has 3 rings (SSSR count). The van der Waals surface area contributed by atoms with Gasteiger partial charge in [0.25, 0.3) is 0 Å². The number of fused-ring (bicyclic) bond motifs is 2. The number of allylic oxidation sites excluding steroid dienone is 2. The normalized spacial score (nSPS) is 17.3. The van der Waals surface area contributed by atoms with Crippen LogP contribution in [0.2, 0.25) is 0 Å². The molecule has 0 fully saturated rings. The fraction of sp³-hybridized carbons (Fsp3) is 0.476. The van der Waals surface area contributed by atoms with Crippen LogP contribution in [-0.4, -0.2) is 16.8 Å². The molecule has 1 N–H and O–H groups in total. The fourth-order valence-corrected chi connectivity index (χ4v) is 3.50. The van der Waals surface area contributed by atoms with Gasteiger partial charge >= 0.3 is 5.63 Å². The maximum Gasteiger partial charge on any atom is 0.340 e. The molecular formula is C21H26O4. The Bertz CT molecular complexity index is 906. The van der Waals surface area contributed by atoms with E-state index in [1.54, 1.807) is 19.9 Å². The summed E-state index contributed by atoms with van der Waals surface area (Å²) in [6.07, 6.45) is 2.42. The molecule has 134 valence electrons. The Morgan fingerprint density at radius 3 is 2.48 bits per heavy atom. The van der Waals surface area contributed by atoms with Gasteiger partial charge in [-0.25, -0.2) is 4.79 Å². The predicted octanol–water partition coefficient (Wildman–Crippen LogP) is 4.11. The summed E-state index contributed by atoms with van der Waals surface area (Å²) in [5, 5.41) is 11.1. The highest BCUT2D eigenvalue weighted by Crippen LogP contribution is 2.37. The Hall–Kier alpha value is -2.07. The van der Waals surface area contributed by atoms with Crippen LogP contribution in [0.15, 0.2) is 39.1 Å². The first kappa shape index (κ1) is 17.7. The van der Waals surface area contributed by atoms with E-state index >= 15 is 0 Å². The fourth-order valence-electron chi connectivity index (χ4n) is 3.50. The zero-order valence-electron chi connectivity index (χ0n) is 15.8. The maximum absolute atomic E-state index is 12.5. The summed E-state index contributed by atoms with van der Waals surface area (Å²) < 4.78 is 11.4. The lowest BCUT2D eigenvalue weighted by Gasteiger charge is -2.24. The molecule has 0 spiro atoms. The van der Waals surface area contributed by atoms with Crippen molar-refractivity contribution in [3.63, 3.8) is 0 Å². The number of hydrogen-bond acceptors (Lipinski definition) is 4. The molecule has 0 bridgehead atoms. The number of rotatable bonds is 3. The van der Waals surface area contributed by atoms with E-state index in [4.69, 9.17) is 9.15 Å². The zero-order valence-corrected chi connectivity index (χ0v) is 15.8. The SMILES string of the molecule is CC(C)=CC(C)(C)c1cc2cc3c(cc2oc1=O)O[C@@H](C(C)(C)O)C3. The molecular weight excluding hydrogens is 316 g/mol. The van der Waals surface area contributed by atoms with Crippen LogP contribution in [0.1, 0.15) is 52.7 Å². The van der Waals surface area contributed by atoms with Gasteiger partial charge in [-0.3, -0.25) is 0 Å². The quantitative estimate of drug-likeness (QED) is 0.673. The topological polar surface area (TPSA) is 59.7 Å². The second-order valence-corrected chi connectivity index (χ2v) is 8.35. The smallest absolute Gasteiger partial charge is 0.340 e. The first-order valence-electron chi connectivity index (χ1n) is 8.64. The van der Waals surface area contributed by atoms with Crippen LogP contribution < -0.4 is 10.4 Å². The van der Waals surface area contributed by atoms with Gasteiger partial charge in [-0.1, -0.05) is 25.5 Å². The van der Waals surface area contributed by atoms with E-state index in [0.29, 0.717) is 23.3 Å². The van der Waals surface area contributed by atoms with Crippen LogP contribution in [-0.2, 0) is 11.8 Å². The first-order valence-corrected chi connectivity index (χ1v) is 8.64. The molecule has 0 radical (unpaired) electrons. The van der Waals surface area contributed by atoms with Crippen LogP contribution in [0.5, 0.6) is 5.75 Å². The number of hydrogen-bond donors (Lipinski definition) is 1. The van der Waals surface area contributed by atoms with Crippen molar-refractivity contribution in [1.82, 2.24) is 0 Å². The monoisotopic (exact) mass is 342 g/mol. The van der Waals surface area contributed by atoms with Crippen LogP contribution in [0.3, 0.4) is 0 Å². The summed E-state index contributed by atoms with van der Waals surface area (Å²) in [6, 6.07) is 5.68. The molecule has 4 heteroatoms. The molecule has 2 aromatic rings. The Balaban J connectivity index is 2.11. The zero-order chi connectivity index (χ0) is 18.6. The summed E-state index contributed by atoms with van der Waals surface area (Å²) in [5.74, 6) is 0.680. The van der Waals surface area contributed by atoms with Gasteiger partial charge < -0.3 is 14.3 Å². The van der Waals surface area contributed by atoms with E-state index in [1.165, 1.54) is 0 Å². The van der Waals surface area contributed by atoms with Crippen molar-refractivity contribution in [1.29, 1.82) is 0 Å². The highest BCUT2D eigenvalue weighted by Gasteiger charge is 2.35. The number of benzene rings is 1. The molecule has 0 aliphatic carbocycles. The van der Waals surface area contributed by atoms with Gasteiger partial charge in [0.15, 0.2) is 0 Å². The van der Waals surface area contributed by atoms with E-state index in [9.17, 15) is 9.90 Å². The minimum atomic E-state index is -0.928. The minimum absolute atomic E-state index is 0.299. The number of aliphatic hydroxyl groups is 1. The predicted molar refractivity (Wildman–Crippen MR) is 99.4 cm³/mol. The van der Waals surface area contributed by atoms with Crippen molar-refractivity contribution in [2.75, 3.05) is 0 Å². The Morgan fingerprint density at radius 2 is 1.88 bits per heavy atom. The average Bonchev–Trinajstić information content (AvgIpc) is 2.85. The van der Waals surface area contributed by atoms with E-state index in [1.807, 2.05) is 39.8 Å². The molecule has 1 atom stereocenters. The molecule has 0 saturated heterocycles. The lowest BCUT2D eigenvalue weighted by Crippen LogP contribution is -2.39. The standard InChI is InChI=1S/C21H26O4/c1-12(2)11-20(3,4)15-8-13-7-14-9-18(21(5,6)23)24-16(14)10-17(13)25-19(15)22/h7-8,10-11,18,23H,9H2,1-6H3/t18-/m1/s1. The van der Waals surface area contributed by atoms with Gasteiger partial charge in [-0.2, -0.15) is 0 Å². The molecule has 1 aromatic heterocycles. The van der Waals surface area contributed by atoms with Gasteiger partial charge in [0.1, 0.15) is 17.4 Å². The van der Waals surface area contributed by atoms with Crippen molar-refractivity contribution in [2.45, 2.75) is 65.1 Å². The Morgan fingerprint density at radius 1 is 1.20 bits per heavy atom. The number of ether oxygens (including phenoxy) is 1. The lowest BCUT2D eigenvalue weighted by atomic mass is 9.83. The van der Waals surface area contributed by atoms with Crippen LogP contribution in [0.25, 0.3) is 11.0 Å². The van der Waals surface area contributed by atoms with Crippen molar-refractivity contribution in [3.05, 3.63) is 51.4 Å². The minimum Gasteiger partial charge on any atom is -0.487 e. The third-order valence-corrected chi connectivity index (χ3v) is 4.72. The highest BCUT2D eigenvalue weighted by atomic mass is 16.5. The maximum atomic E-state index is 12.5. The molecule has 4 nitrogen and oxygen atoms in total. The molecule has 0 unspecified atom stereocenters. The van der Waals surface area contributed by atoms with E-state index in [0.717, 1.165) is 16.5 Å². The molecule has 2 heterocycles. The highest BCUT2D eigenvalue weighted by molar-refractivity contribution is 5.80. The van der Waals surface area contributed by atoms with Crippen LogP contribution in [0, 0.1) is 0 Å². The van der Waals surface area contributed by atoms with Crippen LogP contribution in [0.4, 0.5) is 0 Å². The van der Waals surface area contributed by atoms with E-state index < -0.39 is 11.0 Å². The molecule has 1 aliphatic rings. The van der Waals surface area contributed by atoms with Crippen molar-refractivity contribution >= 4 is 11.0 Å². The van der Waals surface area contributed by atoms with Crippen molar-refractivity contribution in [2.24, 2.45) is 0 Å². The molecule has 0 saturated carbocycles. The van der Waals surface area contributed by atoms with Gasteiger partial charge in [-0.15, -0.1) is 0 Å². The largest absolute Gasteiger partial charge is 0.487 e.